The van der Waals surface area contributed by atoms with Crippen molar-refractivity contribution in [3.05, 3.63) is 23.8 Å². The van der Waals surface area contributed by atoms with Crippen molar-refractivity contribution in [2.45, 2.75) is 0 Å². The summed E-state index contributed by atoms with van der Waals surface area (Å²) >= 11 is 0. The first-order chi connectivity index (χ1) is 6.95. The molecule has 15 heavy (non-hydrogen) atoms. The number of ether oxygens (including phenoxy) is 2. The van der Waals surface area contributed by atoms with Crippen LogP contribution in [-0.2, 0) is 0 Å². The highest BCUT2D eigenvalue weighted by Crippen LogP contribution is 2.35. The zero-order valence-electron chi connectivity index (χ0n) is 8.03. The van der Waals surface area contributed by atoms with E-state index in [1.54, 1.807) is 0 Å². The van der Waals surface area contributed by atoms with Crippen molar-refractivity contribution in [2.75, 3.05) is 19.9 Å². The molecule has 0 aromatic heterocycles. The van der Waals surface area contributed by atoms with Gasteiger partial charge in [0, 0.05) is 6.54 Å². The fraction of sp³-hybridized carbons (Fsp3) is 0.300. The summed E-state index contributed by atoms with van der Waals surface area (Å²) in [6.07, 6.45) is 0. The minimum Gasteiger partial charge on any atom is -0.454 e. The maximum atomic E-state index is 5.40. The molecular weight excluding hydrogens is 216 g/mol. The van der Waals surface area contributed by atoms with Crippen molar-refractivity contribution < 1.29 is 9.47 Å². The second-order valence-electron chi connectivity index (χ2n) is 3.20. The molecule has 1 N–H and O–H groups in total. The van der Waals surface area contributed by atoms with Gasteiger partial charge in [-0.25, -0.2) is 0 Å². The van der Waals surface area contributed by atoms with Crippen molar-refractivity contribution in [1.29, 1.82) is 0 Å². The fourth-order valence-electron chi connectivity index (χ4n) is 1.70. The number of rotatable bonds is 1. The van der Waals surface area contributed by atoms with Crippen molar-refractivity contribution in [3.63, 3.8) is 0 Å². The molecule has 0 unspecified atom stereocenters. The van der Waals surface area contributed by atoms with E-state index in [-0.39, 0.29) is 12.4 Å². The van der Waals surface area contributed by atoms with Crippen LogP contribution in [-0.4, -0.2) is 25.7 Å². The molecule has 0 amide bonds. The summed E-state index contributed by atoms with van der Waals surface area (Å²) in [6.45, 7) is 2.04. The standard InChI is InChI=1S/C10H10N2O2.ClH/c1-2-7(10-11-4-5-12-10)9-8(3-1)13-6-14-9;/h1-3H,4-6H2,(H,11,12);1H. The molecule has 1 aromatic rings. The topological polar surface area (TPSA) is 42.9 Å². The van der Waals surface area contributed by atoms with Crippen molar-refractivity contribution in [1.82, 2.24) is 5.32 Å². The van der Waals surface area contributed by atoms with Crippen LogP contribution in [0.3, 0.4) is 0 Å². The molecule has 0 bridgehead atoms. The molecule has 3 rings (SSSR count). The maximum absolute atomic E-state index is 5.40. The van der Waals surface area contributed by atoms with Gasteiger partial charge in [0.2, 0.25) is 6.79 Å². The minimum atomic E-state index is 0. The van der Waals surface area contributed by atoms with Crippen LogP contribution in [0.5, 0.6) is 11.5 Å². The Bertz CT molecular complexity index is 406. The Morgan fingerprint density at radius 1 is 1.27 bits per heavy atom. The third-order valence-electron chi connectivity index (χ3n) is 2.33. The molecule has 0 aliphatic carbocycles. The number of benzene rings is 1. The van der Waals surface area contributed by atoms with E-state index in [9.17, 15) is 0 Å². The highest BCUT2D eigenvalue weighted by molar-refractivity contribution is 6.02. The summed E-state index contributed by atoms with van der Waals surface area (Å²) in [7, 11) is 0. The second kappa shape index (κ2) is 3.98. The van der Waals surface area contributed by atoms with E-state index in [4.69, 9.17) is 9.47 Å². The molecule has 2 aliphatic rings. The second-order valence-corrected chi connectivity index (χ2v) is 3.20. The van der Waals surface area contributed by atoms with Crippen molar-refractivity contribution >= 4 is 18.2 Å². The van der Waals surface area contributed by atoms with Gasteiger partial charge in [-0.3, -0.25) is 4.99 Å². The Hall–Kier alpha value is -1.42. The van der Waals surface area contributed by atoms with Crippen LogP contribution in [0.15, 0.2) is 23.2 Å². The van der Waals surface area contributed by atoms with Crippen LogP contribution < -0.4 is 14.8 Å². The van der Waals surface area contributed by atoms with E-state index in [2.05, 4.69) is 10.3 Å². The summed E-state index contributed by atoms with van der Waals surface area (Å²) in [4.78, 5) is 4.35. The van der Waals surface area contributed by atoms with E-state index in [1.165, 1.54) is 0 Å². The normalized spacial score (nSPS) is 16.7. The summed E-state index contributed by atoms with van der Waals surface area (Å²) < 4.78 is 10.7. The summed E-state index contributed by atoms with van der Waals surface area (Å²) in [5, 5.41) is 3.22. The Morgan fingerprint density at radius 3 is 3.00 bits per heavy atom. The number of aliphatic imine (C=N–C) groups is 1. The summed E-state index contributed by atoms with van der Waals surface area (Å²) in [6, 6.07) is 5.84. The average molecular weight is 227 g/mol. The lowest BCUT2D eigenvalue weighted by Crippen LogP contribution is -2.19. The molecule has 0 atom stereocenters. The molecule has 0 fully saturated rings. The van der Waals surface area contributed by atoms with Crippen LogP contribution >= 0.6 is 12.4 Å². The number of para-hydroxylation sites is 1. The molecule has 0 saturated carbocycles. The number of amidine groups is 1. The van der Waals surface area contributed by atoms with Gasteiger partial charge in [0.1, 0.15) is 5.84 Å². The molecule has 80 valence electrons. The van der Waals surface area contributed by atoms with Crippen LogP contribution in [0.25, 0.3) is 0 Å². The van der Waals surface area contributed by atoms with Gasteiger partial charge in [0.15, 0.2) is 11.5 Å². The zero-order valence-corrected chi connectivity index (χ0v) is 8.84. The number of hydrogen-bond acceptors (Lipinski definition) is 4. The Kier molecular flexibility index (Phi) is 2.68. The van der Waals surface area contributed by atoms with E-state index >= 15 is 0 Å². The summed E-state index contributed by atoms with van der Waals surface area (Å²) in [5.74, 6) is 2.52. The van der Waals surface area contributed by atoms with Gasteiger partial charge in [-0.15, -0.1) is 12.4 Å². The van der Waals surface area contributed by atoms with E-state index in [1.807, 2.05) is 18.2 Å². The Balaban J connectivity index is 0.000000853. The van der Waals surface area contributed by atoms with Gasteiger partial charge < -0.3 is 14.8 Å². The lowest BCUT2D eigenvalue weighted by atomic mass is 10.1. The van der Waals surface area contributed by atoms with Gasteiger partial charge in [-0.05, 0) is 12.1 Å². The minimum absolute atomic E-state index is 0. The third kappa shape index (κ3) is 1.61. The molecular formula is C10H11ClN2O2. The van der Waals surface area contributed by atoms with E-state index in [0.717, 1.165) is 36.0 Å². The fourth-order valence-corrected chi connectivity index (χ4v) is 1.70. The number of nitrogens with one attached hydrogen (secondary N) is 1. The SMILES string of the molecule is Cl.c1cc2c(c(C3=NCCN3)c1)OCO2. The highest BCUT2D eigenvalue weighted by atomic mass is 35.5. The largest absolute Gasteiger partial charge is 0.454 e. The smallest absolute Gasteiger partial charge is 0.231 e. The lowest BCUT2D eigenvalue weighted by molar-refractivity contribution is 0.174. The zero-order chi connectivity index (χ0) is 9.38. The first kappa shape index (κ1) is 10.1. The quantitative estimate of drug-likeness (QED) is 0.782. The van der Waals surface area contributed by atoms with Gasteiger partial charge >= 0.3 is 0 Å². The number of nitrogens with zero attached hydrogens (tertiary/aromatic N) is 1. The van der Waals surface area contributed by atoms with Crippen LogP contribution in [0, 0.1) is 0 Å². The van der Waals surface area contributed by atoms with Gasteiger partial charge in [0.05, 0.1) is 12.1 Å². The van der Waals surface area contributed by atoms with Gasteiger partial charge in [-0.1, -0.05) is 6.07 Å². The molecule has 4 nitrogen and oxygen atoms in total. The molecule has 0 spiro atoms. The van der Waals surface area contributed by atoms with Crippen LogP contribution in [0.1, 0.15) is 5.56 Å². The van der Waals surface area contributed by atoms with Crippen molar-refractivity contribution in [3.8, 4) is 11.5 Å². The molecule has 2 aliphatic heterocycles. The number of fused-ring (bicyclic) bond motifs is 1. The highest BCUT2D eigenvalue weighted by Gasteiger charge is 2.21. The predicted molar refractivity (Wildman–Crippen MR) is 59.2 cm³/mol. The molecule has 0 radical (unpaired) electrons. The van der Waals surface area contributed by atoms with Crippen LogP contribution in [0.2, 0.25) is 0 Å². The average Bonchev–Trinajstić information content (AvgIpc) is 2.88. The van der Waals surface area contributed by atoms with Gasteiger partial charge in [0.25, 0.3) is 0 Å². The maximum Gasteiger partial charge on any atom is 0.231 e. The summed E-state index contributed by atoms with van der Waals surface area (Å²) in [5.41, 5.74) is 0.998. The van der Waals surface area contributed by atoms with Gasteiger partial charge in [-0.2, -0.15) is 0 Å². The van der Waals surface area contributed by atoms with E-state index < -0.39 is 0 Å². The first-order valence-electron chi connectivity index (χ1n) is 4.62. The molecule has 5 heteroatoms. The third-order valence-corrected chi connectivity index (χ3v) is 2.33. The number of hydrogen-bond donors (Lipinski definition) is 1. The van der Waals surface area contributed by atoms with E-state index in [0.29, 0.717) is 6.79 Å². The Labute approximate surface area is 93.7 Å². The molecule has 2 heterocycles. The molecule has 1 aromatic carbocycles. The predicted octanol–water partition coefficient (Wildman–Crippen LogP) is 1.19. The van der Waals surface area contributed by atoms with Crippen LogP contribution in [0.4, 0.5) is 0 Å². The number of halogens is 1. The first-order valence-corrected chi connectivity index (χ1v) is 4.62. The molecule has 0 saturated heterocycles. The lowest BCUT2D eigenvalue weighted by Gasteiger charge is -2.05. The Morgan fingerprint density at radius 2 is 2.20 bits per heavy atom. The monoisotopic (exact) mass is 226 g/mol. The van der Waals surface area contributed by atoms with Crippen molar-refractivity contribution in [2.24, 2.45) is 4.99 Å².